The SMILES string of the molecule is CCCCCCCCC1OC(=O)C(OCC(=O)OCC)=C1C(=O)OCC. The van der Waals surface area contributed by atoms with Gasteiger partial charge in [-0.25, -0.2) is 14.4 Å². The van der Waals surface area contributed by atoms with Crippen LogP contribution in [0.3, 0.4) is 0 Å². The summed E-state index contributed by atoms with van der Waals surface area (Å²) in [5.41, 5.74) is 0.0645. The Morgan fingerprint density at radius 3 is 2.27 bits per heavy atom. The monoisotopic (exact) mass is 370 g/mol. The standard InChI is InChI=1S/C19H30O7/c1-4-7-8-9-10-11-12-14-16(18(21)24-6-3)17(19(22)26-14)25-13-15(20)23-5-2/h14H,4-13H2,1-3H3. The number of ether oxygens (including phenoxy) is 4. The molecular formula is C19H30O7. The van der Waals surface area contributed by atoms with E-state index in [4.69, 9.17) is 18.9 Å². The number of hydrogen-bond acceptors (Lipinski definition) is 7. The van der Waals surface area contributed by atoms with Crippen LogP contribution in [0.2, 0.25) is 0 Å². The summed E-state index contributed by atoms with van der Waals surface area (Å²) in [6.45, 7) is 5.43. The fourth-order valence-electron chi connectivity index (χ4n) is 2.71. The summed E-state index contributed by atoms with van der Waals surface area (Å²) < 4.78 is 20.3. The molecule has 0 N–H and O–H groups in total. The molecule has 26 heavy (non-hydrogen) atoms. The quantitative estimate of drug-likeness (QED) is 0.280. The summed E-state index contributed by atoms with van der Waals surface area (Å²) in [6.07, 6.45) is 6.34. The maximum Gasteiger partial charge on any atom is 0.374 e. The van der Waals surface area contributed by atoms with Crippen LogP contribution in [0.15, 0.2) is 11.3 Å². The predicted molar refractivity (Wildman–Crippen MR) is 94.1 cm³/mol. The molecule has 0 aromatic carbocycles. The van der Waals surface area contributed by atoms with E-state index < -0.39 is 30.6 Å². The lowest BCUT2D eigenvalue weighted by atomic mass is 10.0. The number of esters is 3. The molecule has 1 unspecified atom stereocenters. The van der Waals surface area contributed by atoms with Gasteiger partial charge >= 0.3 is 17.9 Å². The molecule has 1 atom stereocenters. The van der Waals surface area contributed by atoms with Crippen molar-refractivity contribution in [3.05, 3.63) is 11.3 Å². The van der Waals surface area contributed by atoms with E-state index in [1.165, 1.54) is 19.3 Å². The normalized spacial score (nSPS) is 16.4. The van der Waals surface area contributed by atoms with E-state index in [1.807, 2.05) is 0 Å². The van der Waals surface area contributed by atoms with Gasteiger partial charge in [0.15, 0.2) is 6.61 Å². The third-order valence-electron chi connectivity index (χ3n) is 3.96. The van der Waals surface area contributed by atoms with Crippen molar-refractivity contribution in [2.45, 2.75) is 71.8 Å². The topological polar surface area (TPSA) is 88.1 Å². The lowest BCUT2D eigenvalue weighted by Crippen LogP contribution is -2.20. The van der Waals surface area contributed by atoms with Gasteiger partial charge in [-0.1, -0.05) is 39.0 Å². The number of unbranched alkanes of at least 4 members (excludes halogenated alkanes) is 5. The number of rotatable bonds is 13. The van der Waals surface area contributed by atoms with Crippen molar-refractivity contribution < 1.29 is 33.3 Å². The maximum atomic E-state index is 12.2. The lowest BCUT2D eigenvalue weighted by Gasteiger charge is -2.12. The first kappa shape index (κ1) is 22.0. The Morgan fingerprint density at radius 2 is 1.62 bits per heavy atom. The fourth-order valence-corrected chi connectivity index (χ4v) is 2.71. The largest absolute Gasteiger partial charge is 0.474 e. The molecule has 0 spiro atoms. The Bertz CT molecular complexity index is 510. The Kier molecular flexibility index (Phi) is 10.4. The van der Waals surface area contributed by atoms with E-state index in [1.54, 1.807) is 13.8 Å². The molecule has 148 valence electrons. The summed E-state index contributed by atoms with van der Waals surface area (Å²) in [4.78, 5) is 35.8. The highest BCUT2D eigenvalue weighted by molar-refractivity contribution is 6.03. The second-order valence-electron chi connectivity index (χ2n) is 6.01. The third-order valence-corrected chi connectivity index (χ3v) is 3.96. The van der Waals surface area contributed by atoms with Gasteiger partial charge in [0.2, 0.25) is 5.76 Å². The molecule has 0 saturated heterocycles. The van der Waals surface area contributed by atoms with Crippen LogP contribution in [-0.4, -0.2) is 43.8 Å². The van der Waals surface area contributed by atoms with Crippen molar-refractivity contribution in [3.63, 3.8) is 0 Å². The van der Waals surface area contributed by atoms with Crippen LogP contribution in [0.5, 0.6) is 0 Å². The highest BCUT2D eigenvalue weighted by Gasteiger charge is 2.40. The van der Waals surface area contributed by atoms with Crippen LogP contribution in [0.1, 0.15) is 65.7 Å². The zero-order valence-electron chi connectivity index (χ0n) is 16.0. The Hall–Kier alpha value is -2.05. The molecular weight excluding hydrogens is 340 g/mol. The molecule has 0 aromatic rings. The van der Waals surface area contributed by atoms with Crippen LogP contribution < -0.4 is 0 Å². The van der Waals surface area contributed by atoms with Crippen LogP contribution in [0.4, 0.5) is 0 Å². The Labute approximate surface area is 155 Å². The number of hydrogen-bond donors (Lipinski definition) is 0. The molecule has 0 amide bonds. The molecule has 7 heteroatoms. The average Bonchev–Trinajstić information content (AvgIpc) is 2.92. The summed E-state index contributed by atoms with van der Waals surface area (Å²) in [7, 11) is 0. The predicted octanol–water partition coefficient (Wildman–Crippen LogP) is 3.06. The van der Waals surface area contributed by atoms with Crippen LogP contribution in [0.25, 0.3) is 0 Å². The highest BCUT2D eigenvalue weighted by atomic mass is 16.6. The van der Waals surface area contributed by atoms with Crippen molar-refractivity contribution in [3.8, 4) is 0 Å². The van der Waals surface area contributed by atoms with Gasteiger partial charge in [0.05, 0.1) is 13.2 Å². The second-order valence-corrected chi connectivity index (χ2v) is 6.01. The molecule has 0 saturated carbocycles. The lowest BCUT2D eigenvalue weighted by molar-refractivity contribution is -0.149. The van der Waals surface area contributed by atoms with E-state index in [9.17, 15) is 14.4 Å². The second kappa shape index (κ2) is 12.3. The van der Waals surface area contributed by atoms with Gasteiger partial charge in [-0.05, 0) is 26.7 Å². The van der Waals surface area contributed by atoms with Gasteiger partial charge in [-0.3, -0.25) is 0 Å². The molecule has 0 bridgehead atoms. The minimum Gasteiger partial charge on any atom is -0.474 e. The first-order valence-electron chi connectivity index (χ1n) is 9.45. The van der Waals surface area contributed by atoms with Gasteiger partial charge in [0.1, 0.15) is 11.7 Å². The van der Waals surface area contributed by atoms with Gasteiger partial charge in [0.25, 0.3) is 0 Å². The molecule has 0 aliphatic carbocycles. The zero-order chi connectivity index (χ0) is 19.4. The third kappa shape index (κ3) is 7.06. The molecule has 1 heterocycles. The number of carbonyl (C=O) groups excluding carboxylic acids is 3. The van der Waals surface area contributed by atoms with Gasteiger partial charge in [0, 0.05) is 0 Å². The minimum absolute atomic E-state index is 0.0645. The summed E-state index contributed by atoms with van der Waals surface area (Å²) in [6, 6.07) is 0. The first-order chi connectivity index (χ1) is 12.5. The average molecular weight is 370 g/mol. The van der Waals surface area contributed by atoms with E-state index in [0.29, 0.717) is 6.42 Å². The molecule has 7 nitrogen and oxygen atoms in total. The molecule has 1 aliphatic heterocycles. The zero-order valence-corrected chi connectivity index (χ0v) is 16.0. The number of cyclic esters (lactones) is 1. The van der Waals surface area contributed by atoms with Crippen LogP contribution >= 0.6 is 0 Å². The van der Waals surface area contributed by atoms with Crippen molar-refractivity contribution in [2.75, 3.05) is 19.8 Å². The fraction of sp³-hybridized carbons (Fsp3) is 0.737. The van der Waals surface area contributed by atoms with Crippen molar-refractivity contribution in [1.82, 2.24) is 0 Å². The molecule has 0 radical (unpaired) electrons. The Morgan fingerprint density at radius 1 is 0.962 bits per heavy atom. The minimum atomic E-state index is -0.742. The maximum absolute atomic E-state index is 12.2. The van der Waals surface area contributed by atoms with Crippen molar-refractivity contribution in [1.29, 1.82) is 0 Å². The summed E-state index contributed by atoms with van der Waals surface area (Å²) >= 11 is 0. The smallest absolute Gasteiger partial charge is 0.374 e. The van der Waals surface area contributed by atoms with Gasteiger partial charge in [-0.2, -0.15) is 0 Å². The van der Waals surface area contributed by atoms with Gasteiger partial charge < -0.3 is 18.9 Å². The highest BCUT2D eigenvalue weighted by Crippen LogP contribution is 2.29. The summed E-state index contributed by atoms with van der Waals surface area (Å²) in [5.74, 6) is -2.25. The van der Waals surface area contributed by atoms with Crippen LogP contribution in [-0.2, 0) is 33.3 Å². The molecule has 0 aromatic heterocycles. The number of carbonyl (C=O) groups is 3. The van der Waals surface area contributed by atoms with E-state index in [0.717, 1.165) is 19.3 Å². The molecule has 1 rings (SSSR count). The Balaban J connectivity index is 2.71. The van der Waals surface area contributed by atoms with Crippen molar-refractivity contribution >= 4 is 17.9 Å². The van der Waals surface area contributed by atoms with E-state index >= 15 is 0 Å². The van der Waals surface area contributed by atoms with E-state index in [2.05, 4.69) is 6.92 Å². The summed E-state index contributed by atoms with van der Waals surface area (Å²) in [5, 5.41) is 0. The first-order valence-corrected chi connectivity index (χ1v) is 9.45. The van der Waals surface area contributed by atoms with Crippen molar-refractivity contribution in [2.24, 2.45) is 0 Å². The molecule has 0 fully saturated rings. The van der Waals surface area contributed by atoms with Gasteiger partial charge in [-0.15, -0.1) is 0 Å². The van der Waals surface area contributed by atoms with Crippen LogP contribution in [0, 0.1) is 0 Å². The molecule has 1 aliphatic rings. The van der Waals surface area contributed by atoms with E-state index in [-0.39, 0.29) is 24.5 Å².